The SMILES string of the molecule is CCOC(=O)[C@@]12C(=O)CCC[C@@H]1CC=C[C@H]2C. The van der Waals surface area contributed by atoms with Crippen LogP contribution >= 0.6 is 0 Å². The average Bonchev–Trinajstić information content (AvgIpc) is 2.29. The maximum Gasteiger partial charge on any atom is 0.320 e. The van der Waals surface area contributed by atoms with Crippen molar-refractivity contribution in [2.24, 2.45) is 17.3 Å². The topological polar surface area (TPSA) is 43.4 Å². The van der Waals surface area contributed by atoms with Crippen LogP contribution in [-0.2, 0) is 14.3 Å². The second-order valence-corrected chi connectivity index (χ2v) is 5.05. The van der Waals surface area contributed by atoms with Gasteiger partial charge in [0, 0.05) is 6.42 Å². The van der Waals surface area contributed by atoms with E-state index in [9.17, 15) is 9.59 Å². The predicted molar refractivity (Wildman–Crippen MR) is 64.3 cm³/mol. The van der Waals surface area contributed by atoms with Gasteiger partial charge in [-0.2, -0.15) is 0 Å². The Kier molecular flexibility index (Phi) is 3.36. The van der Waals surface area contributed by atoms with Crippen molar-refractivity contribution >= 4 is 11.8 Å². The van der Waals surface area contributed by atoms with Gasteiger partial charge < -0.3 is 4.74 Å². The lowest BCUT2D eigenvalue weighted by Crippen LogP contribution is -2.54. The van der Waals surface area contributed by atoms with E-state index in [-0.39, 0.29) is 23.6 Å². The molecule has 0 saturated heterocycles. The standard InChI is InChI=1S/C14H20O3/c1-3-17-13(16)14-10(2)6-4-7-11(14)8-5-9-12(14)15/h4,6,10-11H,3,5,7-9H2,1-2H3/t10-,11+,14-/m1/s1. The van der Waals surface area contributed by atoms with Crippen LogP contribution in [0.2, 0.25) is 0 Å². The van der Waals surface area contributed by atoms with Crippen molar-refractivity contribution < 1.29 is 14.3 Å². The van der Waals surface area contributed by atoms with Gasteiger partial charge in [-0.15, -0.1) is 0 Å². The molecule has 0 aromatic heterocycles. The van der Waals surface area contributed by atoms with Gasteiger partial charge in [-0.05, 0) is 38.0 Å². The van der Waals surface area contributed by atoms with Crippen LogP contribution in [-0.4, -0.2) is 18.4 Å². The van der Waals surface area contributed by atoms with Gasteiger partial charge in [-0.3, -0.25) is 9.59 Å². The molecule has 2 aliphatic carbocycles. The summed E-state index contributed by atoms with van der Waals surface area (Å²) >= 11 is 0. The highest BCUT2D eigenvalue weighted by Crippen LogP contribution is 2.50. The maximum atomic E-state index is 12.3. The maximum absolute atomic E-state index is 12.3. The highest BCUT2D eigenvalue weighted by Gasteiger charge is 2.57. The van der Waals surface area contributed by atoms with E-state index in [1.807, 2.05) is 13.0 Å². The molecule has 2 aliphatic rings. The number of fused-ring (bicyclic) bond motifs is 1. The Morgan fingerprint density at radius 1 is 1.59 bits per heavy atom. The number of ketones is 1. The molecule has 2 rings (SSSR count). The summed E-state index contributed by atoms with van der Waals surface area (Å²) in [5.74, 6) is -0.105. The third-order valence-electron chi connectivity index (χ3n) is 4.24. The third-order valence-corrected chi connectivity index (χ3v) is 4.24. The summed E-state index contributed by atoms with van der Waals surface area (Å²) in [5, 5.41) is 0. The summed E-state index contributed by atoms with van der Waals surface area (Å²) in [6, 6.07) is 0. The Morgan fingerprint density at radius 3 is 3.06 bits per heavy atom. The molecule has 0 radical (unpaired) electrons. The number of esters is 1. The summed E-state index contributed by atoms with van der Waals surface area (Å²) in [6.07, 6.45) is 7.31. The summed E-state index contributed by atoms with van der Waals surface area (Å²) in [7, 11) is 0. The molecule has 1 fully saturated rings. The zero-order chi connectivity index (χ0) is 12.5. The summed E-state index contributed by atoms with van der Waals surface area (Å²) in [4.78, 5) is 24.6. The molecule has 0 heterocycles. The number of hydrogen-bond donors (Lipinski definition) is 0. The molecular weight excluding hydrogens is 216 g/mol. The van der Waals surface area contributed by atoms with Crippen molar-refractivity contribution in [1.29, 1.82) is 0 Å². The van der Waals surface area contributed by atoms with E-state index < -0.39 is 5.41 Å². The molecule has 17 heavy (non-hydrogen) atoms. The molecule has 0 unspecified atom stereocenters. The first-order valence-electron chi connectivity index (χ1n) is 6.51. The summed E-state index contributed by atoms with van der Waals surface area (Å²) < 4.78 is 5.19. The Morgan fingerprint density at radius 2 is 2.35 bits per heavy atom. The van der Waals surface area contributed by atoms with E-state index in [0.717, 1.165) is 19.3 Å². The number of Topliss-reactive ketones (excluding diaryl/α,β-unsaturated/α-hetero) is 1. The van der Waals surface area contributed by atoms with Crippen molar-refractivity contribution in [3.05, 3.63) is 12.2 Å². The molecule has 1 saturated carbocycles. The zero-order valence-electron chi connectivity index (χ0n) is 10.6. The lowest BCUT2D eigenvalue weighted by Gasteiger charge is -2.45. The zero-order valence-corrected chi connectivity index (χ0v) is 10.6. The van der Waals surface area contributed by atoms with Crippen LogP contribution in [0.1, 0.15) is 39.5 Å². The van der Waals surface area contributed by atoms with Crippen LogP contribution in [0.15, 0.2) is 12.2 Å². The molecule has 0 aliphatic heterocycles. The van der Waals surface area contributed by atoms with Gasteiger partial charge >= 0.3 is 5.97 Å². The van der Waals surface area contributed by atoms with Gasteiger partial charge in [0.15, 0.2) is 5.78 Å². The highest BCUT2D eigenvalue weighted by molar-refractivity contribution is 6.05. The van der Waals surface area contributed by atoms with E-state index in [1.165, 1.54) is 0 Å². The average molecular weight is 236 g/mol. The fourth-order valence-corrected chi connectivity index (χ4v) is 3.42. The lowest BCUT2D eigenvalue weighted by molar-refractivity contribution is -0.170. The fourth-order valence-electron chi connectivity index (χ4n) is 3.42. The summed E-state index contributed by atoms with van der Waals surface area (Å²) in [6.45, 7) is 4.10. The quantitative estimate of drug-likeness (QED) is 0.420. The van der Waals surface area contributed by atoms with E-state index in [4.69, 9.17) is 4.74 Å². The minimum Gasteiger partial charge on any atom is -0.465 e. The Hall–Kier alpha value is -1.12. The molecule has 0 amide bonds. The fraction of sp³-hybridized carbons (Fsp3) is 0.714. The Labute approximate surface area is 102 Å². The molecule has 94 valence electrons. The third kappa shape index (κ3) is 1.72. The molecule has 0 bridgehead atoms. The summed E-state index contributed by atoms with van der Waals surface area (Å²) in [5.41, 5.74) is -0.886. The van der Waals surface area contributed by atoms with Crippen LogP contribution in [0.25, 0.3) is 0 Å². The van der Waals surface area contributed by atoms with Crippen LogP contribution in [0.3, 0.4) is 0 Å². The van der Waals surface area contributed by atoms with Gasteiger partial charge in [0.2, 0.25) is 0 Å². The van der Waals surface area contributed by atoms with Gasteiger partial charge in [-0.25, -0.2) is 0 Å². The van der Waals surface area contributed by atoms with Crippen LogP contribution in [0.5, 0.6) is 0 Å². The first-order valence-corrected chi connectivity index (χ1v) is 6.51. The van der Waals surface area contributed by atoms with Gasteiger partial charge in [0.05, 0.1) is 6.61 Å². The number of rotatable bonds is 2. The minimum absolute atomic E-state index is 0.0342. The monoisotopic (exact) mass is 236 g/mol. The largest absolute Gasteiger partial charge is 0.465 e. The van der Waals surface area contributed by atoms with E-state index >= 15 is 0 Å². The van der Waals surface area contributed by atoms with E-state index in [2.05, 4.69) is 6.08 Å². The second kappa shape index (κ2) is 4.63. The van der Waals surface area contributed by atoms with Crippen molar-refractivity contribution in [2.75, 3.05) is 6.61 Å². The van der Waals surface area contributed by atoms with Gasteiger partial charge in [0.25, 0.3) is 0 Å². The van der Waals surface area contributed by atoms with Crippen LogP contribution in [0.4, 0.5) is 0 Å². The number of carbonyl (C=O) groups is 2. The first kappa shape index (κ1) is 12.3. The first-order chi connectivity index (χ1) is 8.14. The molecule has 3 nitrogen and oxygen atoms in total. The van der Waals surface area contributed by atoms with Gasteiger partial charge in [0.1, 0.15) is 5.41 Å². The normalized spacial score (nSPS) is 36.5. The van der Waals surface area contributed by atoms with Crippen molar-refractivity contribution in [3.63, 3.8) is 0 Å². The van der Waals surface area contributed by atoms with Crippen molar-refractivity contribution in [2.45, 2.75) is 39.5 Å². The van der Waals surface area contributed by atoms with E-state index in [1.54, 1.807) is 6.92 Å². The predicted octanol–water partition coefficient (Wildman–Crippen LogP) is 2.50. The van der Waals surface area contributed by atoms with Crippen molar-refractivity contribution in [1.82, 2.24) is 0 Å². The molecular formula is C14H20O3. The van der Waals surface area contributed by atoms with Crippen molar-refractivity contribution in [3.8, 4) is 0 Å². The van der Waals surface area contributed by atoms with Crippen LogP contribution < -0.4 is 0 Å². The number of carbonyl (C=O) groups excluding carboxylic acids is 2. The molecule has 0 N–H and O–H groups in total. The molecule has 3 atom stereocenters. The Balaban J connectivity index is 2.42. The number of ether oxygens (including phenoxy) is 1. The lowest BCUT2D eigenvalue weighted by atomic mass is 9.56. The second-order valence-electron chi connectivity index (χ2n) is 5.05. The smallest absolute Gasteiger partial charge is 0.320 e. The number of hydrogen-bond acceptors (Lipinski definition) is 3. The number of allylic oxidation sites excluding steroid dienone is 2. The molecule has 0 spiro atoms. The molecule has 0 aromatic carbocycles. The van der Waals surface area contributed by atoms with E-state index in [0.29, 0.717) is 13.0 Å². The minimum atomic E-state index is -0.886. The van der Waals surface area contributed by atoms with Crippen LogP contribution in [0, 0.1) is 17.3 Å². The highest BCUT2D eigenvalue weighted by atomic mass is 16.5. The van der Waals surface area contributed by atoms with Gasteiger partial charge in [-0.1, -0.05) is 19.1 Å². The molecule has 3 heteroatoms. The molecule has 0 aromatic rings. The Bertz CT molecular complexity index is 358.